The van der Waals surface area contributed by atoms with Gasteiger partial charge >= 0.3 is 6.09 Å². The Bertz CT molecular complexity index is 1300. The number of benzene rings is 1. The number of piperidine rings is 1. The largest absolute Gasteiger partial charge is 0.595 e. The van der Waals surface area contributed by atoms with E-state index in [1.165, 1.54) is 0 Å². The topological polar surface area (TPSA) is 123 Å². The summed E-state index contributed by atoms with van der Waals surface area (Å²) in [6.07, 6.45) is 1.00. The second-order valence-electron chi connectivity index (χ2n) is 10.7. The van der Waals surface area contributed by atoms with Crippen LogP contribution in [-0.2, 0) is 22.5 Å². The standard InChI is InChI=1S/C27H33N5O6/c1-2-38-27(35)29-10-8-28(9-11-29)26(34)21-14-17-13-20(32(36)37)6-7-23(17)31-15-18-12-19(25(21)31)16-30-22(18)4-3-5-24(30)33/h3-7,13,18-19,21,25,32,36H,2,8-12,14-16H2,1H3. The Labute approximate surface area is 220 Å². The van der Waals surface area contributed by atoms with Gasteiger partial charge in [-0.05, 0) is 43.4 Å². The van der Waals surface area contributed by atoms with Gasteiger partial charge < -0.3 is 29.2 Å². The molecular weight excluding hydrogens is 490 g/mol. The molecule has 0 radical (unpaired) electrons. The summed E-state index contributed by atoms with van der Waals surface area (Å²) in [7, 11) is 0. The Morgan fingerprint density at radius 1 is 1.11 bits per heavy atom. The molecule has 11 heteroatoms. The van der Waals surface area contributed by atoms with Crippen LogP contribution in [-0.4, -0.2) is 76.9 Å². The van der Waals surface area contributed by atoms with Crippen LogP contribution in [0.4, 0.5) is 16.2 Å². The van der Waals surface area contributed by atoms with Gasteiger partial charge in [0.1, 0.15) is 0 Å². The maximum Gasteiger partial charge on any atom is 0.409 e. The molecule has 0 aliphatic carbocycles. The average Bonchev–Trinajstić information content (AvgIpc) is 2.92. The number of nitrogens with one attached hydrogen (secondary N) is 1. The number of carbonyl (C=O) groups excluding carboxylic acids is 2. The van der Waals surface area contributed by atoms with Crippen molar-refractivity contribution < 1.29 is 24.8 Å². The molecule has 5 unspecified atom stereocenters. The lowest BCUT2D eigenvalue weighted by Crippen LogP contribution is -2.99. The Morgan fingerprint density at radius 3 is 2.61 bits per heavy atom. The van der Waals surface area contributed by atoms with Gasteiger partial charge in [0, 0.05) is 80.8 Å². The van der Waals surface area contributed by atoms with Crippen LogP contribution in [0.5, 0.6) is 0 Å². The molecule has 38 heavy (non-hydrogen) atoms. The predicted molar refractivity (Wildman–Crippen MR) is 137 cm³/mol. The highest BCUT2D eigenvalue weighted by atomic mass is 16.8. The Morgan fingerprint density at radius 2 is 1.87 bits per heavy atom. The third kappa shape index (κ3) is 4.14. The third-order valence-corrected chi connectivity index (χ3v) is 8.69. The van der Waals surface area contributed by atoms with Crippen LogP contribution in [0.15, 0.2) is 41.2 Å². The van der Waals surface area contributed by atoms with Gasteiger partial charge in [-0.25, -0.2) is 10.0 Å². The van der Waals surface area contributed by atoms with E-state index in [2.05, 4.69) is 4.90 Å². The molecule has 5 atom stereocenters. The molecule has 1 aromatic carbocycles. The van der Waals surface area contributed by atoms with Gasteiger partial charge in [-0.1, -0.05) is 6.07 Å². The van der Waals surface area contributed by atoms with Crippen LogP contribution in [0.1, 0.15) is 30.5 Å². The van der Waals surface area contributed by atoms with Gasteiger partial charge in [0.2, 0.25) is 5.91 Å². The smallest absolute Gasteiger partial charge is 0.409 e. The Balaban J connectivity index is 1.33. The summed E-state index contributed by atoms with van der Waals surface area (Å²) in [5.41, 5.74) is 3.09. The number of piperazine rings is 1. The SMILES string of the molecule is CCOC(=O)N1CCN(C(=O)C2Cc3cc([NH+]([O-])O)ccc3N3CC4CC(Cn5c4cccc5=O)C23)CC1. The monoisotopic (exact) mass is 523 g/mol. The molecule has 4 aliphatic heterocycles. The molecule has 5 heterocycles. The number of pyridine rings is 1. The van der Waals surface area contributed by atoms with Crippen molar-refractivity contribution in [3.05, 3.63) is 63.2 Å². The number of fused-ring (bicyclic) bond motifs is 8. The Kier molecular flexibility index (Phi) is 6.37. The van der Waals surface area contributed by atoms with E-state index in [-0.39, 0.29) is 47.0 Å². The van der Waals surface area contributed by atoms with E-state index in [0.29, 0.717) is 52.3 Å². The van der Waals surface area contributed by atoms with Crippen molar-refractivity contribution in [3.8, 4) is 0 Å². The van der Waals surface area contributed by atoms with E-state index in [1.807, 2.05) is 27.7 Å². The predicted octanol–water partition coefficient (Wildman–Crippen LogP) is 0.717. The molecule has 6 rings (SSSR count). The van der Waals surface area contributed by atoms with Crippen molar-refractivity contribution in [1.29, 1.82) is 0 Å². The van der Waals surface area contributed by atoms with E-state index in [0.717, 1.165) is 23.4 Å². The quantitative estimate of drug-likeness (QED) is 0.569. The minimum Gasteiger partial charge on any atom is -0.595 e. The van der Waals surface area contributed by atoms with Crippen molar-refractivity contribution in [2.75, 3.05) is 44.2 Å². The van der Waals surface area contributed by atoms with Gasteiger partial charge in [0.15, 0.2) is 5.69 Å². The summed E-state index contributed by atoms with van der Waals surface area (Å²) in [6.45, 7) is 5.01. The van der Waals surface area contributed by atoms with Crippen molar-refractivity contribution in [2.45, 2.75) is 38.3 Å². The summed E-state index contributed by atoms with van der Waals surface area (Å²) in [5.74, 6) is -0.0663. The van der Waals surface area contributed by atoms with Crippen molar-refractivity contribution in [3.63, 3.8) is 0 Å². The number of rotatable bonds is 3. The minimum absolute atomic E-state index is 0.00840. The minimum atomic E-state index is -0.989. The zero-order valence-corrected chi connectivity index (χ0v) is 21.4. The lowest BCUT2D eigenvalue weighted by atomic mass is 9.69. The highest BCUT2D eigenvalue weighted by Crippen LogP contribution is 2.47. The highest BCUT2D eigenvalue weighted by molar-refractivity contribution is 5.83. The fourth-order valence-corrected chi connectivity index (χ4v) is 7.03. The second-order valence-corrected chi connectivity index (χ2v) is 10.7. The average molecular weight is 524 g/mol. The summed E-state index contributed by atoms with van der Waals surface area (Å²) >= 11 is 0. The molecule has 4 aliphatic rings. The fraction of sp³-hybridized carbons (Fsp3) is 0.519. The molecule has 0 spiro atoms. The van der Waals surface area contributed by atoms with Crippen LogP contribution < -0.4 is 15.7 Å². The molecule has 2 amide bonds. The molecule has 2 aromatic rings. The number of carbonyl (C=O) groups is 2. The molecule has 2 fully saturated rings. The number of hydrogen-bond donors (Lipinski definition) is 2. The normalized spacial score (nSPS) is 26.7. The summed E-state index contributed by atoms with van der Waals surface area (Å²) in [4.78, 5) is 44.7. The molecule has 0 saturated carbocycles. The van der Waals surface area contributed by atoms with E-state index in [9.17, 15) is 24.8 Å². The number of hydrogen-bond acceptors (Lipinski definition) is 7. The molecule has 11 nitrogen and oxygen atoms in total. The summed E-state index contributed by atoms with van der Waals surface area (Å²) < 4.78 is 6.99. The second kappa shape index (κ2) is 9.72. The van der Waals surface area contributed by atoms with Gasteiger partial charge in [-0.3, -0.25) is 9.59 Å². The zero-order chi connectivity index (χ0) is 26.6. The van der Waals surface area contributed by atoms with E-state index < -0.39 is 5.23 Å². The van der Waals surface area contributed by atoms with E-state index in [4.69, 9.17) is 4.74 Å². The van der Waals surface area contributed by atoms with Gasteiger partial charge in [0.05, 0.1) is 12.5 Å². The van der Waals surface area contributed by atoms with Crippen molar-refractivity contribution in [2.24, 2.45) is 11.8 Å². The number of quaternary nitrogens is 1. The summed E-state index contributed by atoms with van der Waals surface area (Å²) in [6, 6.07) is 10.6. The number of aromatic nitrogens is 1. The number of nitrogens with zero attached hydrogens (tertiary/aromatic N) is 4. The Hall–Kier alpha value is -3.41. The fourth-order valence-electron chi connectivity index (χ4n) is 7.03. The van der Waals surface area contributed by atoms with Gasteiger partial charge in [0.25, 0.3) is 5.56 Å². The molecule has 2 bridgehead atoms. The first kappa shape index (κ1) is 24.9. The third-order valence-electron chi connectivity index (χ3n) is 8.69. The van der Waals surface area contributed by atoms with E-state index in [1.54, 1.807) is 30.0 Å². The van der Waals surface area contributed by atoms with Crippen molar-refractivity contribution >= 4 is 23.4 Å². The number of anilines is 1. The van der Waals surface area contributed by atoms with Crippen LogP contribution >= 0.6 is 0 Å². The number of amides is 2. The molecule has 202 valence electrons. The van der Waals surface area contributed by atoms with Crippen LogP contribution in [0.3, 0.4) is 0 Å². The maximum absolute atomic E-state index is 14.1. The first-order valence-corrected chi connectivity index (χ1v) is 13.4. The van der Waals surface area contributed by atoms with Gasteiger partial charge in [-0.15, -0.1) is 0 Å². The molecular formula is C27H33N5O6. The van der Waals surface area contributed by atoms with Crippen molar-refractivity contribution in [1.82, 2.24) is 14.4 Å². The van der Waals surface area contributed by atoms with Crippen LogP contribution in [0, 0.1) is 17.0 Å². The molecule has 2 saturated heterocycles. The first-order valence-electron chi connectivity index (χ1n) is 13.4. The number of ether oxygens (including phenoxy) is 1. The lowest BCUT2D eigenvalue weighted by molar-refractivity contribution is -0.991. The maximum atomic E-state index is 14.1. The molecule has 1 aromatic heterocycles. The van der Waals surface area contributed by atoms with Crippen LogP contribution in [0.2, 0.25) is 0 Å². The van der Waals surface area contributed by atoms with Crippen LogP contribution in [0.25, 0.3) is 0 Å². The first-order chi connectivity index (χ1) is 18.4. The summed E-state index contributed by atoms with van der Waals surface area (Å²) in [5, 5.41) is 20.3. The zero-order valence-electron chi connectivity index (χ0n) is 21.4. The van der Waals surface area contributed by atoms with Gasteiger partial charge in [-0.2, -0.15) is 5.23 Å². The highest BCUT2D eigenvalue weighted by Gasteiger charge is 2.50. The lowest BCUT2D eigenvalue weighted by Gasteiger charge is -2.55. The molecule has 2 N–H and O–H groups in total. The van der Waals surface area contributed by atoms with E-state index >= 15 is 0 Å².